The quantitative estimate of drug-likeness (QED) is 0.884. The largest absolute Gasteiger partial charge is 0.310 e. The Labute approximate surface area is 122 Å². The Morgan fingerprint density at radius 2 is 2.05 bits per heavy atom. The molecule has 0 aliphatic carbocycles. The molecule has 0 bridgehead atoms. The van der Waals surface area contributed by atoms with Gasteiger partial charge in [0.25, 0.3) is 0 Å². The van der Waals surface area contributed by atoms with Crippen LogP contribution in [0.4, 0.5) is 0 Å². The zero-order valence-corrected chi connectivity index (χ0v) is 13.6. The molecule has 0 amide bonds. The average molecular weight is 280 g/mol. The number of aryl methyl sites for hydroxylation is 2. The van der Waals surface area contributed by atoms with Gasteiger partial charge in [-0.2, -0.15) is 0 Å². The van der Waals surface area contributed by atoms with Crippen LogP contribution in [0.3, 0.4) is 0 Å². The Morgan fingerprint density at radius 3 is 2.58 bits per heavy atom. The molecule has 108 valence electrons. The molecule has 3 heteroatoms. The van der Waals surface area contributed by atoms with E-state index in [0.717, 1.165) is 5.92 Å². The van der Waals surface area contributed by atoms with Crippen molar-refractivity contribution in [2.75, 3.05) is 26.2 Å². The fraction of sp³-hybridized carbons (Fsp3) is 0.750. The summed E-state index contributed by atoms with van der Waals surface area (Å²) < 4.78 is 0. The third kappa shape index (κ3) is 4.04. The van der Waals surface area contributed by atoms with Crippen molar-refractivity contribution in [2.45, 2.75) is 46.6 Å². The Kier molecular flexibility index (Phi) is 5.43. The first kappa shape index (κ1) is 15.0. The van der Waals surface area contributed by atoms with Crippen LogP contribution < -0.4 is 5.32 Å². The van der Waals surface area contributed by atoms with Crippen LogP contribution in [0.5, 0.6) is 0 Å². The fourth-order valence-electron chi connectivity index (χ4n) is 3.04. The van der Waals surface area contributed by atoms with Gasteiger partial charge in [0, 0.05) is 15.8 Å². The van der Waals surface area contributed by atoms with Gasteiger partial charge in [-0.25, -0.2) is 0 Å². The predicted molar refractivity (Wildman–Crippen MR) is 85.0 cm³/mol. The van der Waals surface area contributed by atoms with Gasteiger partial charge < -0.3 is 10.2 Å². The number of likely N-dealkylation sites (tertiary alicyclic amines) is 1. The van der Waals surface area contributed by atoms with Gasteiger partial charge in [0.2, 0.25) is 0 Å². The summed E-state index contributed by atoms with van der Waals surface area (Å²) in [5.41, 5.74) is 1.49. The van der Waals surface area contributed by atoms with E-state index in [0.29, 0.717) is 6.04 Å². The molecule has 1 saturated heterocycles. The molecule has 1 aromatic rings. The summed E-state index contributed by atoms with van der Waals surface area (Å²) in [5, 5.41) is 3.74. The van der Waals surface area contributed by atoms with Gasteiger partial charge in [0.15, 0.2) is 0 Å². The Morgan fingerprint density at radius 1 is 1.37 bits per heavy atom. The van der Waals surface area contributed by atoms with Gasteiger partial charge in [0.05, 0.1) is 0 Å². The highest BCUT2D eigenvalue weighted by Crippen LogP contribution is 2.26. The molecule has 2 rings (SSSR count). The predicted octanol–water partition coefficient (Wildman–Crippen LogP) is 3.75. The van der Waals surface area contributed by atoms with Crippen molar-refractivity contribution in [1.82, 2.24) is 10.2 Å². The normalized spacial score (nSPS) is 19.8. The topological polar surface area (TPSA) is 15.3 Å². The van der Waals surface area contributed by atoms with Gasteiger partial charge in [-0.1, -0.05) is 6.92 Å². The summed E-state index contributed by atoms with van der Waals surface area (Å²) >= 11 is 1.92. The average Bonchev–Trinajstić information content (AvgIpc) is 2.75. The van der Waals surface area contributed by atoms with Crippen LogP contribution in [0.2, 0.25) is 0 Å². The van der Waals surface area contributed by atoms with Crippen LogP contribution in [0, 0.1) is 19.8 Å². The summed E-state index contributed by atoms with van der Waals surface area (Å²) in [6, 6.07) is 2.84. The first-order chi connectivity index (χ1) is 9.10. The van der Waals surface area contributed by atoms with Crippen LogP contribution in [0.15, 0.2) is 6.07 Å². The minimum Gasteiger partial charge on any atom is -0.310 e. The van der Waals surface area contributed by atoms with E-state index in [-0.39, 0.29) is 0 Å². The van der Waals surface area contributed by atoms with Crippen LogP contribution in [0.1, 0.15) is 48.0 Å². The second-order valence-corrected chi connectivity index (χ2v) is 7.34. The number of thiophene rings is 1. The zero-order valence-electron chi connectivity index (χ0n) is 12.8. The maximum absolute atomic E-state index is 3.74. The number of nitrogens with zero attached hydrogens (tertiary/aromatic N) is 1. The highest BCUT2D eigenvalue weighted by Gasteiger charge is 2.19. The first-order valence-corrected chi connectivity index (χ1v) is 8.44. The summed E-state index contributed by atoms with van der Waals surface area (Å²) in [7, 11) is 0. The first-order valence-electron chi connectivity index (χ1n) is 7.62. The molecule has 0 spiro atoms. The lowest BCUT2D eigenvalue weighted by Gasteiger charge is -2.31. The summed E-state index contributed by atoms with van der Waals surface area (Å²) in [5.74, 6) is 0.866. The smallest absolute Gasteiger partial charge is 0.0302 e. The number of piperidine rings is 1. The van der Waals surface area contributed by atoms with Crippen molar-refractivity contribution in [2.24, 2.45) is 5.92 Å². The maximum atomic E-state index is 3.74. The van der Waals surface area contributed by atoms with Crippen LogP contribution in [-0.2, 0) is 0 Å². The van der Waals surface area contributed by atoms with Gasteiger partial charge in [-0.15, -0.1) is 11.3 Å². The van der Waals surface area contributed by atoms with Gasteiger partial charge in [0.1, 0.15) is 0 Å². The molecule has 1 unspecified atom stereocenters. The number of nitrogens with one attached hydrogen (secondary N) is 1. The van der Waals surface area contributed by atoms with Crippen LogP contribution >= 0.6 is 11.3 Å². The Bertz CT molecular complexity index is 391. The highest BCUT2D eigenvalue weighted by atomic mass is 32.1. The molecular weight excluding hydrogens is 252 g/mol. The molecule has 2 heterocycles. The molecular formula is C16H28N2S. The van der Waals surface area contributed by atoms with Crippen LogP contribution in [-0.4, -0.2) is 31.1 Å². The third-order valence-electron chi connectivity index (χ3n) is 4.41. The SMILES string of the molecule is CCN1CCC(CNC(C)c2cc(C)sc2C)CC1. The minimum atomic E-state index is 0.495. The van der Waals surface area contributed by atoms with Gasteiger partial charge in [-0.05, 0) is 77.3 Å². The maximum Gasteiger partial charge on any atom is 0.0302 e. The fourth-order valence-corrected chi connectivity index (χ4v) is 4.06. The molecule has 1 aromatic heterocycles. The van der Waals surface area contributed by atoms with Crippen LogP contribution in [0.25, 0.3) is 0 Å². The molecule has 1 aliphatic rings. The van der Waals surface area contributed by atoms with Gasteiger partial charge >= 0.3 is 0 Å². The zero-order chi connectivity index (χ0) is 13.8. The monoisotopic (exact) mass is 280 g/mol. The lowest BCUT2D eigenvalue weighted by Crippen LogP contribution is -2.37. The van der Waals surface area contributed by atoms with Crippen molar-refractivity contribution in [3.05, 3.63) is 21.4 Å². The third-order valence-corrected chi connectivity index (χ3v) is 5.39. The lowest BCUT2D eigenvalue weighted by molar-refractivity contribution is 0.188. The van der Waals surface area contributed by atoms with Crippen molar-refractivity contribution >= 4 is 11.3 Å². The van der Waals surface area contributed by atoms with E-state index in [9.17, 15) is 0 Å². The summed E-state index contributed by atoms with van der Waals surface area (Å²) in [6.07, 6.45) is 2.71. The second-order valence-electron chi connectivity index (χ2n) is 5.88. The standard InChI is InChI=1S/C16H28N2S/c1-5-18-8-6-15(7-9-18)11-17-13(3)16-10-12(2)19-14(16)4/h10,13,15,17H,5-9,11H2,1-4H3. The molecule has 1 N–H and O–H groups in total. The minimum absolute atomic E-state index is 0.495. The number of hydrogen-bond donors (Lipinski definition) is 1. The molecule has 2 nitrogen and oxygen atoms in total. The van der Waals surface area contributed by atoms with E-state index in [1.807, 2.05) is 11.3 Å². The Balaban J connectivity index is 1.78. The number of hydrogen-bond acceptors (Lipinski definition) is 3. The molecule has 19 heavy (non-hydrogen) atoms. The molecule has 0 radical (unpaired) electrons. The van der Waals surface area contributed by atoms with Crippen molar-refractivity contribution < 1.29 is 0 Å². The van der Waals surface area contributed by atoms with E-state index in [2.05, 4.69) is 44.0 Å². The molecule has 0 saturated carbocycles. The van der Waals surface area contributed by atoms with E-state index < -0.39 is 0 Å². The van der Waals surface area contributed by atoms with E-state index in [1.54, 1.807) is 0 Å². The number of rotatable bonds is 5. The van der Waals surface area contributed by atoms with E-state index in [1.165, 1.54) is 54.3 Å². The van der Waals surface area contributed by atoms with E-state index >= 15 is 0 Å². The highest BCUT2D eigenvalue weighted by molar-refractivity contribution is 7.12. The van der Waals surface area contributed by atoms with Gasteiger partial charge in [-0.3, -0.25) is 0 Å². The Hall–Kier alpha value is -0.380. The molecule has 1 atom stereocenters. The molecule has 1 aliphatic heterocycles. The van der Waals surface area contributed by atoms with Crippen molar-refractivity contribution in [1.29, 1.82) is 0 Å². The lowest BCUT2D eigenvalue weighted by atomic mass is 9.96. The second kappa shape index (κ2) is 6.87. The summed E-state index contributed by atoms with van der Waals surface area (Å²) in [6.45, 7) is 14.0. The van der Waals surface area contributed by atoms with Crippen molar-refractivity contribution in [3.63, 3.8) is 0 Å². The van der Waals surface area contributed by atoms with E-state index in [4.69, 9.17) is 0 Å². The molecule has 0 aromatic carbocycles. The summed E-state index contributed by atoms with van der Waals surface area (Å²) in [4.78, 5) is 5.46. The molecule has 1 fully saturated rings. The van der Waals surface area contributed by atoms with Crippen molar-refractivity contribution in [3.8, 4) is 0 Å².